The Morgan fingerprint density at radius 2 is 1.77 bits per heavy atom. The van der Waals surface area contributed by atoms with Gasteiger partial charge in [0.15, 0.2) is 0 Å². The smallest absolute Gasteiger partial charge is 0.0317 e. The molecule has 1 aromatic rings. The number of rotatable bonds is 3. The second-order valence-corrected chi connectivity index (χ2v) is 4.18. The fourth-order valence-electron chi connectivity index (χ4n) is 1.33. The molecule has 0 bridgehead atoms. The summed E-state index contributed by atoms with van der Waals surface area (Å²) < 4.78 is 0. The van der Waals surface area contributed by atoms with Gasteiger partial charge in [-0.25, -0.2) is 0 Å². The summed E-state index contributed by atoms with van der Waals surface area (Å²) in [6.07, 6.45) is 1.08. The van der Waals surface area contributed by atoms with Crippen LogP contribution in [0.1, 0.15) is 31.4 Å². The van der Waals surface area contributed by atoms with E-state index in [9.17, 15) is 0 Å². The first-order valence-electron chi connectivity index (χ1n) is 4.75. The molecule has 1 atom stereocenters. The molecule has 0 nitrogen and oxygen atoms in total. The standard InChI is InChI=1S/C12H17Cl/c1-4-12(3,9-13)11-7-5-10(2)6-8-11/h5-8H,4,9H2,1-3H3. The summed E-state index contributed by atoms with van der Waals surface area (Å²) in [5.74, 6) is 0.687. The molecular formula is C12H17Cl. The molecule has 0 aliphatic heterocycles. The van der Waals surface area contributed by atoms with Crippen LogP contribution in [0.3, 0.4) is 0 Å². The fraction of sp³-hybridized carbons (Fsp3) is 0.500. The molecule has 0 spiro atoms. The molecule has 1 rings (SSSR count). The Bertz CT molecular complexity index is 257. The first kappa shape index (κ1) is 10.6. The normalized spacial score (nSPS) is 15.4. The van der Waals surface area contributed by atoms with Crippen LogP contribution < -0.4 is 0 Å². The number of halogens is 1. The van der Waals surface area contributed by atoms with E-state index in [1.54, 1.807) is 0 Å². The van der Waals surface area contributed by atoms with E-state index >= 15 is 0 Å². The van der Waals surface area contributed by atoms with E-state index in [0.717, 1.165) is 6.42 Å². The van der Waals surface area contributed by atoms with Gasteiger partial charge in [-0.15, -0.1) is 11.6 Å². The molecule has 0 radical (unpaired) electrons. The minimum atomic E-state index is 0.134. The second kappa shape index (κ2) is 4.15. The van der Waals surface area contributed by atoms with Crippen LogP contribution in [0, 0.1) is 6.92 Å². The Labute approximate surface area is 85.9 Å². The molecule has 0 saturated carbocycles. The maximum Gasteiger partial charge on any atom is 0.0317 e. The van der Waals surface area contributed by atoms with Gasteiger partial charge in [-0.2, -0.15) is 0 Å². The van der Waals surface area contributed by atoms with Crippen molar-refractivity contribution in [3.63, 3.8) is 0 Å². The third-order valence-corrected chi connectivity index (χ3v) is 3.41. The van der Waals surface area contributed by atoms with E-state index in [1.165, 1.54) is 11.1 Å². The Balaban J connectivity index is 2.99. The molecule has 1 heteroatoms. The molecule has 72 valence electrons. The van der Waals surface area contributed by atoms with Crippen molar-refractivity contribution in [3.8, 4) is 0 Å². The van der Waals surface area contributed by atoms with Crippen molar-refractivity contribution >= 4 is 11.6 Å². The van der Waals surface area contributed by atoms with E-state index in [0.29, 0.717) is 5.88 Å². The van der Waals surface area contributed by atoms with Crippen LogP contribution in [0.2, 0.25) is 0 Å². The highest BCUT2D eigenvalue weighted by Gasteiger charge is 2.22. The predicted molar refractivity (Wildman–Crippen MR) is 59.5 cm³/mol. The zero-order valence-electron chi connectivity index (χ0n) is 8.60. The van der Waals surface area contributed by atoms with Gasteiger partial charge in [0, 0.05) is 11.3 Å². The lowest BCUT2D eigenvalue weighted by Crippen LogP contribution is -2.22. The summed E-state index contributed by atoms with van der Waals surface area (Å²) in [4.78, 5) is 0. The molecule has 0 N–H and O–H groups in total. The van der Waals surface area contributed by atoms with Crippen molar-refractivity contribution in [2.45, 2.75) is 32.6 Å². The van der Waals surface area contributed by atoms with Crippen molar-refractivity contribution in [1.29, 1.82) is 0 Å². The molecule has 1 unspecified atom stereocenters. The number of hydrogen-bond acceptors (Lipinski definition) is 0. The maximum absolute atomic E-state index is 5.98. The van der Waals surface area contributed by atoms with Crippen LogP contribution >= 0.6 is 11.6 Å². The summed E-state index contributed by atoms with van der Waals surface area (Å²) >= 11 is 5.98. The largest absolute Gasteiger partial charge is 0.126 e. The van der Waals surface area contributed by atoms with Crippen LogP contribution in [0.5, 0.6) is 0 Å². The Morgan fingerprint density at radius 3 is 2.15 bits per heavy atom. The van der Waals surface area contributed by atoms with Crippen molar-refractivity contribution < 1.29 is 0 Å². The minimum absolute atomic E-state index is 0.134. The van der Waals surface area contributed by atoms with Gasteiger partial charge in [-0.05, 0) is 18.9 Å². The minimum Gasteiger partial charge on any atom is -0.126 e. The lowest BCUT2D eigenvalue weighted by Gasteiger charge is -2.26. The van der Waals surface area contributed by atoms with E-state index in [1.807, 2.05) is 0 Å². The van der Waals surface area contributed by atoms with Gasteiger partial charge in [0.1, 0.15) is 0 Å². The van der Waals surface area contributed by atoms with Crippen molar-refractivity contribution in [1.82, 2.24) is 0 Å². The number of alkyl halides is 1. The third-order valence-electron chi connectivity index (χ3n) is 2.82. The molecule has 0 fully saturated rings. The average Bonchev–Trinajstić information content (AvgIpc) is 2.18. The van der Waals surface area contributed by atoms with Gasteiger partial charge in [0.25, 0.3) is 0 Å². The zero-order chi connectivity index (χ0) is 9.90. The fourth-order valence-corrected chi connectivity index (χ4v) is 1.67. The highest BCUT2D eigenvalue weighted by Crippen LogP contribution is 2.28. The summed E-state index contributed by atoms with van der Waals surface area (Å²) in [5, 5.41) is 0. The SMILES string of the molecule is CCC(C)(CCl)c1ccc(C)cc1. The molecule has 0 amide bonds. The van der Waals surface area contributed by atoms with Crippen LogP contribution in [0.15, 0.2) is 24.3 Å². The second-order valence-electron chi connectivity index (χ2n) is 3.91. The van der Waals surface area contributed by atoms with Crippen LogP contribution in [-0.4, -0.2) is 5.88 Å². The quantitative estimate of drug-likeness (QED) is 0.644. The van der Waals surface area contributed by atoms with E-state index < -0.39 is 0 Å². The summed E-state index contributed by atoms with van der Waals surface area (Å²) in [7, 11) is 0. The number of benzene rings is 1. The highest BCUT2D eigenvalue weighted by molar-refractivity contribution is 6.18. The monoisotopic (exact) mass is 196 g/mol. The predicted octanol–water partition coefficient (Wildman–Crippen LogP) is 3.90. The van der Waals surface area contributed by atoms with E-state index in [4.69, 9.17) is 11.6 Å². The van der Waals surface area contributed by atoms with Gasteiger partial charge in [-0.1, -0.05) is 43.7 Å². The number of aryl methyl sites for hydroxylation is 1. The molecule has 0 aromatic heterocycles. The summed E-state index contributed by atoms with van der Waals surface area (Å²) in [6, 6.07) is 8.66. The molecule has 0 heterocycles. The third kappa shape index (κ3) is 2.25. The maximum atomic E-state index is 5.98. The molecule has 0 aliphatic carbocycles. The summed E-state index contributed by atoms with van der Waals surface area (Å²) in [6.45, 7) is 6.50. The molecule has 13 heavy (non-hydrogen) atoms. The van der Waals surface area contributed by atoms with E-state index in [2.05, 4.69) is 45.0 Å². The van der Waals surface area contributed by atoms with Gasteiger partial charge in [0.05, 0.1) is 0 Å². The topological polar surface area (TPSA) is 0 Å². The molecule has 0 aliphatic rings. The molecule has 0 saturated heterocycles. The first-order chi connectivity index (χ1) is 6.12. The number of hydrogen-bond donors (Lipinski definition) is 0. The van der Waals surface area contributed by atoms with Gasteiger partial charge in [-0.3, -0.25) is 0 Å². The Morgan fingerprint density at radius 1 is 1.23 bits per heavy atom. The highest BCUT2D eigenvalue weighted by atomic mass is 35.5. The Kier molecular flexibility index (Phi) is 3.38. The van der Waals surface area contributed by atoms with Crippen molar-refractivity contribution in [2.75, 3.05) is 5.88 Å². The average molecular weight is 197 g/mol. The zero-order valence-corrected chi connectivity index (χ0v) is 9.36. The summed E-state index contributed by atoms with van der Waals surface area (Å²) in [5.41, 5.74) is 2.78. The first-order valence-corrected chi connectivity index (χ1v) is 5.29. The Hall–Kier alpha value is -0.490. The van der Waals surface area contributed by atoms with Gasteiger partial charge >= 0.3 is 0 Å². The van der Waals surface area contributed by atoms with Gasteiger partial charge in [0.2, 0.25) is 0 Å². The van der Waals surface area contributed by atoms with Crippen LogP contribution in [0.25, 0.3) is 0 Å². The van der Waals surface area contributed by atoms with Crippen LogP contribution in [-0.2, 0) is 5.41 Å². The van der Waals surface area contributed by atoms with Crippen molar-refractivity contribution in [2.24, 2.45) is 0 Å². The lowest BCUT2D eigenvalue weighted by molar-refractivity contribution is 0.513. The molecule has 1 aromatic carbocycles. The van der Waals surface area contributed by atoms with E-state index in [-0.39, 0.29) is 5.41 Å². The molecular weight excluding hydrogens is 180 g/mol. The van der Waals surface area contributed by atoms with Crippen LogP contribution in [0.4, 0.5) is 0 Å². The van der Waals surface area contributed by atoms with Crippen molar-refractivity contribution in [3.05, 3.63) is 35.4 Å². The van der Waals surface area contributed by atoms with Gasteiger partial charge < -0.3 is 0 Å². The lowest BCUT2D eigenvalue weighted by atomic mass is 9.82.